The highest BCUT2D eigenvalue weighted by molar-refractivity contribution is 7.88. The number of carbonyl (C=O) groups excluding carboxylic acids is 1. The molecule has 0 unspecified atom stereocenters. The molecule has 0 aliphatic carbocycles. The van der Waals surface area contributed by atoms with Crippen LogP contribution in [0.25, 0.3) is 0 Å². The smallest absolute Gasteiger partial charge is 0.258 e. The second-order valence-electron chi connectivity index (χ2n) is 5.82. The summed E-state index contributed by atoms with van der Waals surface area (Å²) >= 11 is 0. The van der Waals surface area contributed by atoms with Crippen molar-refractivity contribution >= 4 is 15.9 Å². The van der Waals surface area contributed by atoms with Crippen LogP contribution in [0, 0.1) is 11.3 Å². The normalized spacial score (nSPS) is 10.8. The second-order valence-corrected chi connectivity index (χ2v) is 7.75. The van der Waals surface area contributed by atoms with Gasteiger partial charge in [-0.2, -0.15) is 5.26 Å². The van der Waals surface area contributed by atoms with E-state index in [4.69, 9.17) is 10.00 Å². The number of rotatable bonds is 9. The Kier molecular flexibility index (Phi) is 7.34. The minimum absolute atomic E-state index is 0.0862. The first-order valence-corrected chi connectivity index (χ1v) is 9.91. The molecule has 0 saturated heterocycles. The first-order valence-electron chi connectivity index (χ1n) is 8.26. The Labute approximate surface area is 159 Å². The zero-order valence-electron chi connectivity index (χ0n) is 14.9. The number of benzene rings is 2. The molecule has 0 aliphatic rings. The Morgan fingerprint density at radius 1 is 1.04 bits per heavy atom. The number of nitrogens with one attached hydrogen (secondary N) is 2. The van der Waals surface area contributed by atoms with Gasteiger partial charge < -0.3 is 10.1 Å². The average molecular weight is 387 g/mol. The molecule has 2 aromatic rings. The van der Waals surface area contributed by atoms with Crippen molar-refractivity contribution in [1.82, 2.24) is 10.0 Å². The first kappa shape index (κ1) is 20.4. The van der Waals surface area contributed by atoms with Crippen molar-refractivity contribution in [1.29, 1.82) is 5.26 Å². The summed E-state index contributed by atoms with van der Waals surface area (Å²) in [5.41, 5.74) is 2.41. The van der Waals surface area contributed by atoms with Crippen molar-refractivity contribution < 1.29 is 17.9 Å². The lowest BCUT2D eigenvalue weighted by Crippen LogP contribution is -2.28. The molecule has 0 aromatic heterocycles. The minimum atomic E-state index is -3.30. The maximum atomic E-state index is 11.9. The quantitative estimate of drug-likeness (QED) is 0.678. The SMILES string of the molecule is CNS(=O)(=O)Cc1ccc(CNC(=O)COc2ccc(CC#N)cc2)cc1. The van der Waals surface area contributed by atoms with Gasteiger partial charge in [0.1, 0.15) is 5.75 Å². The Morgan fingerprint density at radius 3 is 2.22 bits per heavy atom. The molecule has 0 spiro atoms. The van der Waals surface area contributed by atoms with Crippen molar-refractivity contribution in [2.24, 2.45) is 0 Å². The number of nitriles is 1. The third-order valence-electron chi connectivity index (χ3n) is 3.76. The summed E-state index contributed by atoms with van der Waals surface area (Å²) in [7, 11) is -1.93. The standard InChI is InChI=1S/C19H21N3O4S/c1-21-27(24,25)14-17-4-2-16(3-5-17)12-22-19(23)13-26-18-8-6-15(7-9-18)10-11-20/h2-9,21H,10,12-14H2,1H3,(H,22,23). The molecule has 27 heavy (non-hydrogen) atoms. The predicted molar refractivity (Wildman–Crippen MR) is 101 cm³/mol. The summed E-state index contributed by atoms with van der Waals surface area (Å²) in [6.07, 6.45) is 0.334. The van der Waals surface area contributed by atoms with Crippen molar-refractivity contribution in [3.05, 3.63) is 65.2 Å². The summed E-state index contributed by atoms with van der Waals surface area (Å²) in [5.74, 6) is 0.205. The summed E-state index contributed by atoms with van der Waals surface area (Å²) in [4.78, 5) is 11.9. The molecule has 2 N–H and O–H groups in total. The van der Waals surface area contributed by atoms with Crippen molar-refractivity contribution in [2.45, 2.75) is 18.7 Å². The van der Waals surface area contributed by atoms with Gasteiger partial charge in [0.05, 0.1) is 18.2 Å². The van der Waals surface area contributed by atoms with E-state index in [1.54, 1.807) is 48.5 Å². The number of carbonyl (C=O) groups is 1. The molecule has 8 heteroatoms. The van der Waals surface area contributed by atoms with Gasteiger partial charge in [-0.05, 0) is 35.9 Å². The third-order valence-corrected chi connectivity index (χ3v) is 5.09. The lowest BCUT2D eigenvalue weighted by atomic mass is 10.1. The molecule has 7 nitrogen and oxygen atoms in total. The Bertz CT molecular complexity index is 901. The lowest BCUT2D eigenvalue weighted by Gasteiger charge is -2.09. The maximum Gasteiger partial charge on any atom is 0.258 e. The van der Waals surface area contributed by atoms with E-state index in [0.717, 1.165) is 11.1 Å². The molecule has 0 bridgehead atoms. The Morgan fingerprint density at radius 2 is 1.63 bits per heavy atom. The van der Waals surface area contributed by atoms with Gasteiger partial charge in [-0.15, -0.1) is 0 Å². The van der Waals surface area contributed by atoms with Crippen molar-refractivity contribution in [3.63, 3.8) is 0 Å². The van der Waals surface area contributed by atoms with E-state index in [1.807, 2.05) is 0 Å². The van der Waals surface area contributed by atoms with Crippen LogP contribution in [-0.4, -0.2) is 28.0 Å². The van der Waals surface area contributed by atoms with E-state index in [1.165, 1.54) is 7.05 Å². The van der Waals surface area contributed by atoms with Crippen molar-refractivity contribution in [2.75, 3.05) is 13.7 Å². The fourth-order valence-corrected chi connectivity index (χ4v) is 3.02. The van der Waals surface area contributed by atoms with E-state index in [9.17, 15) is 13.2 Å². The molecular weight excluding hydrogens is 366 g/mol. The van der Waals surface area contributed by atoms with E-state index in [0.29, 0.717) is 24.3 Å². The van der Waals surface area contributed by atoms with Crippen LogP contribution < -0.4 is 14.8 Å². The van der Waals surface area contributed by atoms with E-state index in [-0.39, 0.29) is 18.3 Å². The number of amides is 1. The molecule has 1 amide bonds. The van der Waals surface area contributed by atoms with Gasteiger partial charge in [0.2, 0.25) is 10.0 Å². The molecule has 2 rings (SSSR count). The highest BCUT2D eigenvalue weighted by atomic mass is 32.2. The van der Waals surface area contributed by atoms with Crippen LogP contribution in [0.4, 0.5) is 0 Å². The maximum absolute atomic E-state index is 11.9. The molecule has 0 atom stereocenters. The summed E-state index contributed by atoms with van der Waals surface area (Å²) in [6.45, 7) is 0.207. The average Bonchev–Trinajstić information content (AvgIpc) is 2.67. The Balaban J connectivity index is 1.77. The zero-order chi connectivity index (χ0) is 19.7. The van der Waals surface area contributed by atoms with Gasteiger partial charge >= 0.3 is 0 Å². The van der Waals surface area contributed by atoms with Gasteiger partial charge in [-0.1, -0.05) is 36.4 Å². The highest BCUT2D eigenvalue weighted by Crippen LogP contribution is 2.12. The van der Waals surface area contributed by atoms with Crippen LogP contribution in [0.5, 0.6) is 5.75 Å². The monoisotopic (exact) mass is 387 g/mol. The summed E-state index contributed by atoms with van der Waals surface area (Å²) in [6, 6.07) is 16.1. The van der Waals surface area contributed by atoms with Crippen LogP contribution in [0.15, 0.2) is 48.5 Å². The van der Waals surface area contributed by atoms with Gasteiger partial charge in [0.25, 0.3) is 5.91 Å². The summed E-state index contributed by atoms with van der Waals surface area (Å²) in [5, 5.41) is 11.4. The van der Waals surface area contributed by atoms with Crippen LogP contribution in [0.2, 0.25) is 0 Å². The number of hydrogen-bond donors (Lipinski definition) is 2. The second kappa shape index (κ2) is 9.71. The van der Waals surface area contributed by atoms with E-state index < -0.39 is 10.0 Å². The predicted octanol–water partition coefficient (Wildman–Crippen LogP) is 1.50. The van der Waals surface area contributed by atoms with E-state index >= 15 is 0 Å². The number of sulfonamides is 1. The molecule has 142 valence electrons. The lowest BCUT2D eigenvalue weighted by molar-refractivity contribution is -0.123. The molecular formula is C19H21N3O4S. The van der Waals surface area contributed by atoms with Crippen LogP contribution in [-0.2, 0) is 33.5 Å². The van der Waals surface area contributed by atoms with Crippen LogP contribution in [0.1, 0.15) is 16.7 Å². The van der Waals surface area contributed by atoms with Crippen molar-refractivity contribution in [3.8, 4) is 11.8 Å². The molecule has 2 aromatic carbocycles. The number of nitrogens with zero attached hydrogens (tertiary/aromatic N) is 1. The van der Waals surface area contributed by atoms with Gasteiger partial charge in [-0.25, -0.2) is 13.1 Å². The molecule has 0 aliphatic heterocycles. The Hall–Kier alpha value is -2.89. The van der Waals surface area contributed by atoms with Crippen LogP contribution in [0.3, 0.4) is 0 Å². The van der Waals surface area contributed by atoms with Crippen LogP contribution >= 0.6 is 0 Å². The molecule has 0 saturated carbocycles. The third kappa shape index (κ3) is 7.09. The molecule has 0 fully saturated rings. The van der Waals surface area contributed by atoms with E-state index in [2.05, 4.69) is 16.1 Å². The first-order chi connectivity index (χ1) is 12.9. The minimum Gasteiger partial charge on any atom is -0.484 e. The van der Waals surface area contributed by atoms with Gasteiger partial charge in [0, 0.05) is 6.54 Å². The molecule has 0 radical (unpaired) electrons. The van der Waals surface area contributed by atoms with Gasteiger partial charge in [0.15, 0.2) is 6.61 Å². The fraction of sp³-hybridized carbons (Fsp3) is 0.263. The largest absolute Gasteiger partial charge is 0.484 e. The fourth-order valence-electron chi connectivity index (χ4n) is 2.24. The number of hydrogen-bond acceptors (Lipinski definition) is 5. The molecule has 0 heterocycles. The summed E-state index contributed by atoms with van der Waals surface area (Å²) < 4.78 is 30.7. The van der Waals surface area contributed by atoms with Gasteiger partial charge in [-0.3, -0.25) is 4.79 Å². The topological polar surface area (TPSA) is 108 Å². The highest BCUT2D eigenvalue weighted by Gasteiger charge is 2.08. The number of ether oxygens (including phenoxy) is 1. The zero-order valence-corrected chi connectivity index (χ0v) is 15.8.